The van der Waals surface area contributed by atoms with E-state index in [-0.39, 0.29) is 12.3 Å². The first kappa shape index (κ1) is 12.9. The summed E-state index contributed by atoms with van der Waals surface area (Å²) in [4.78, 5) is 14.1. The van der Waals surface area contributed by atoms with Crippen molar-refractivity contribution in [2.45, 2.75) is 18.1 Å². The van der Waals surface area contributed by atoms with Crippen LogP contribution in [0, 0.1) is 17.0 Å². The van der Waals surface area contributed by atoms with Crippen LogP contribution in [-0.2, 0) is 0 Å². The second-order valence-electron chi connectivity index (χ2n) is 3.16. The molecule has 0 fully saturated rings. The maximum atomic E-state index is 10.5. The summed E-state index contributed by atoms with van der Waals surface area (Å²) in [5.74, 6) is 0.306. The number of nitro groups is 1. The molecule has 1 heterocycles. The Hall–Kier alpha value is -1.18. The molecular weight excluding hydrogens is 232 g/mol. The van der Waals surface area contributed by atoms with Crippen LogP contribution < -0.4 is 0 Å². The normalized spacial score (nSPS) is 12.4. The topological polar surface area (TPSA) is 96.5 Å². The van der Waals surface area contributed by atoms with E-state index in [4.69, 9.17) is 10.2 Å². The van der Waals surface area contributed by atoms with Gasteiger partial charge in [-0.1, -0.05) is 0 Å². The van der Waals surface area contributed by atoms with Crippen LogP contribution >= 0.6 is 11.8 Å². The predicted molar refractivity (Wildman–Crippen MR) is 59.4 cm³/mol. The molecule has 0 aliphatic rings. The zero-order valence-corrected chi connectivity index (χ0v) is 9.48. The van der Waals surface area contributed by atoms with Gasteiger partial charge in [0, 0.05) is 11.8 Å². The van der Waals surface area contributed by atoms with Crippen LogP contribution in [0.25, 0.3) is 0 Å². The highest BCUT2D eigenvalue weighted by Crippen LogP contribution is 2.22. The number of nitrogens with zero attached hydrogens (tertiary/aromatic N) is 2. The Morgan fingerprint density at radius 1 is 1.62 bits per heavy atom. The van der Waals surface area contributed by atoms with Crippen LogP contribution in [0.15, 0.2) is 17.2 Å². The molecule has 0 bridgehead atoms. The largest absolute Gasteiger partial charge is 0.394 e. The highest BCUT2D eigenvalue weighted by Gasteiger charge is 2.12. The van der Waals surface area contributed by atoms with E-state index in [9.17, 15) is 10.1 Å². The summed E-state index contributed by atoms with van der Waals surface area (Å²) < 4.78 is 0. The lowest BCUT2D eigenvalue weighted by Gasteiger charge is -2.06. The lowest BCUT2D eigenvalue weighted by Crippen LogP contribution is -2.14. The molecule has 1 aromatic rings. The maximum absolute atomic E-state index is 10.5. The fourth-order valence-electron chi connectivity index (χ4n) is 1.04. The first-order chi connectivity index (χ1) is 7.54. The molecule has 0 saturated heterocycles. The molecule has 7 heteroatoms. The minimum Gasteiger partial charge on any atom is -0.394 e. The van der Waals surface area contributed by atoms with Crippen LogP contribution in [0.3, 0.4) is 0 Å². The van der Waals surface area contributed by atoms with Gasteiger partial charge in [0.05, 0.1) is 22.7 Å². The van der Waals surface area contributed by atoms with Gasteiger partial charge in [0.2, 0.25) is 0 Å². The van der Waals surface area contributed by atoms with E-state index in [0.29, 0.717) is 16.5 Å². The van der Waals surface area contributed by atoms with Crippen molar-refractivity contribution in [3.05, 3.63) is 27.9 Å². The zero-order chi connectivity index (χ0) is 12.1. The molecule has 1 atom stereocenters. The number of aliphatic hydroxyl groups is 2. The second kappa shape index (κ2) is 5.78. The number of hydrogen-bond acceptors (Lipinski definition) is 6. The third kappa shape index (κ3) is 3.44. The smallest absolute Gasteiger partial charge is 0.290 e. The van der Waals surface area contributed by atoms with Gasteiger partial charge in [-0.15, -0.1) is 11.8 Å². The Balaban J connectivity index is 2.70. The lowest BCUT2D eigenvalue weighted by atomic mass is 10.3. The fourth-order valence-corrected chi connectivity index (χ4v) is 1.87. The van der Waals surface area contributed by atoms with Gasteiger partial charge in [0.15, 0.2) is 0 Å². The number of aryl methyl sites for hydroxylation is 1. The van der Waals surface area contributed by atoms with Crippen molar-refractivity contribution in [2.24, 2.45) is 0 Å². The van der Waals surface area contributed by atoms with E-state index in [1.807, 2.05) is 0 Å². The quantitative estimate of drug-likeness (QED) is 0.450. The van der Waals surface area contributed by atoms with Gasteiger partial charge in [-0.2, -0.15) is 0 Å². The van der Waals surface area contributed by atoms with Crippen LogP contribution in [0.1, 0.15) is 5.69 Å². The van der Waals surface area contributed by atoms with Crippen molar-refractivity contribution in [1.29, 1.82) is 0 Å². The predicted octanol–water partition coefficient (Wildman–Crippen LogP) is 0.744. The molecule has 0 aromatic carbocycles. The molecule has 0 amide bonds. The monoisotopic (exact) mass is 244 g/mol. The minimum absolute atomic E-state index is 0.0212. The molecule has 2 N–H and O–H groups in total. The van der Waals surface area contributed by atoms with E-state index in [2.05, 4.69) is 4.98 Å². The lowest BCUT2D eigenvalue weighted by molar-refractivity contribution is -0.385. The van der Waals surface area contributed by atoms with Gasteiger partial charge in [0.1, 0.15) is 5.69 Å². The van der Waals surface area contributed by atoms with E-state index in [1.54, 1.807) is 6.92 Å². The van der Waals surface area contributed by atoms with Crippen molar-refractivity contribution < 1.29 is 15.1 Å². The van der Waals surface area contributed by atoms with Crippen molar-refractivity contribution in [1.82, 2.24) is 4.98 Å². The molecule has 1 aromatic heterocycles. The van der Waals surface area contributed by atoms with E-state index >= 15 is 0 Å². The Morgan fingerprint density at radius 2 is 2.31 bits per heavy atom. The molecular formula is C9H12N2O4S. The third-order valence-corrected chi connectivity index (χ3v) is 2.94. The Labute approximate surface area is 96.5 Å². The summed E-state index contributed by atoms with van der Waals surface area (Å²) >= 11 is 1.24. The first-order valence-electron chi connectivity index (χ1n) is 4.58. The number of thioether (sulfide) groups is 1. The molecule has 6 nitrogen and oxygen atoms in total. The zero-order valence-electron chi connectivity index (χ0n) is 8.66. The highest BCUT2D eigenvalue weighted by atomic mass is 32.2. The average molecular weight is 244 g/mol. The van der Waals surface area contributed by atoms with Gasteiger partial charge in [0.25, 0.3) is 5.69 Å². The van der Waals surface area contributed by atoms with Crippen molar-refractivity contribution in [2.75, 3.05) is 12.4 Å². The summed E-state index contributed by atoms with van der Waals surface area (Å²) in [5.41, 5.74) is 0.320. The van der Waals surface area contributed by atoms with Gasteiger partial charge in [-0.05, 0) is 13.0 Å². The number of pyridine rings is 1. The number of hydrogen-bond donors (Lipinski definition) is 2. The Morgan fingerprint density at radius 3 is 2.81 bits per heavy atom. The van der Waals surface area contributed by atoms with Crippen LogP contribution in [0.2, 0.25) is 0 Å². The molecule has 0 saturated carbocycles. The van der Waals surface area contributed by atoms with Crippen LogP contribution in [0.4, 0.5) is 5.69 Å². The van der Waals surface area contributed by atoms with E-state index in [1.165, 1.54) is 23.9 Å². The summed E-state index contributed by atoms with van der Waals surface area (Å²) in [6.07, 6.45) is -0.803. The fraction of sp³-hybridized carbons (Fsp3) is 0.444. The molecule has 16 heavy (non-hydrogen) atoms. The van der Waals surface area contributed by atoms with E-state index < -0.39 is 11.0 Å². The SMILES string of the molecule is Cc1nc(SCC(O)CO)ccc1[N+](=O)[O-]. The van der Waals surface area contributed by atoms with Gasteiger partial charge in [-0.25, -0.2) is 4.98 Å². The average Bonchev–Trinajstić information content (AvgIpc) is 2.25. The van der Waals surface area contributed by atoms with Gasteiger partial charge >= 0.3 is 0 Å². The summed E-state index contributed by atoms with van der Waals surface area (Å²) in [6, 6.07) is 2.91. The number of aliphatic hydroxyl groups excluding tert-OH is 2. The maximum Gasteiger partial charge on any atom is 0.290 e. The molecule has 0 aliphatic carbocycles. The molecule has 0 radical (unpaired) electrons. The van der Waals surface area contributed by atoms with Crippen LogP contribution in [0.5, 0.6) is 0 Å². The minimum atomic E-state index is -0.803. The molecule has 1 rings (SSSR count). The first-order valence-corrected chi connectivity index (χ1v) is 5.57. The van der Waals surface area contributed by atoms with Gasteiger partial charge < -0.3 is 10.2 Å². The molecule has 0 aliphatic heterocycles. The van der Waals surface area contributed by atoms with Crippen LogP contribution in [-0.4, -0.2) is 38.6 Å². The summed E-state index contributed by atoms with van der Waals surface area (Å²) in [7, 11) is 0. The van der Waals surface area contributed by atoms with Gasteiger partial charge in [-0.3, -0.25) is 10.1 Å². The Kier molecular flexibility index (Phi) is 4.66. The number of aromatic nitrogens is 1. The summed E-state index contributed by atoms with van der Waals surface area (Å²) in [6.45, 7) is 1.25. The van der Waals surface area contributed by atoms with Crippen molar-refractivity contribution >= 4 is 17.4 Å². The molecule has 88 valence electrons. The highest BCUT2D eigenvalue weighted by molar-refractivity contribution is 7.99. The third-order valence-electron chi connectivity index (χ3n) is 1.86. The summed E-state index contributed by atoms with van der Waals surface area (Å²) in [5, 5.41) is 28.9. The van der Waals surface area contributed by atoms with Crippen molar-refractivity contribution in [3.8, 4) is 0 Å². The van der Waals surface area contributed by atoms with Crippen molar-refractivity contribution in [3.63, 3.8) is 0 Å². The van der Waals surface area contributed by atoms with E-state index in [0.717, 1.165) is 0 Å². The second-order valence-corrected chi connectivity index (χ2v) is 4.20. The Bertz CT molecular complexity index is 386. The molecule has 1 unspecified atom stereocenters. The molecule has 0 spiro atoms. The standard InChI is InChI=1S/C9H12N2O4S/c1-6-8(11(14)15)2-3-9(10-6)16-5-7(13)4-12/h2-3,7,12-13H,4-5H2,1H3. The number of rotatable bonds is 5.